The summed E-state index contributed by atoms with van der Waals surface area (Å²) in [4.78, 5) is 22.8. The Kier molecular flexibility index (Phi) is 6.58. The number of aryl methyl sites for hydroxylation is 1. The Morgan fingerprint density at radius 2 is 1.70 bits per heavy atom. The maximum Gasteiger partial charge on any atom is 0.458 e. The van der Waals surface area contributed by atoms with Gasteiger partial charge in [0.1, 0.15) is 5.75 Å². The van der Waals surface area contributed by atoms with Crippen molar-refractivity contribution in [2.45, 2.75) is 32.9 Å². The second-order valence-electron chi connectivity index (χ2n) is 4.16. The maximum absolute atomic E-state index is 11.4. The monoisotopic (exact) mass is 294 g/mol. The molecule has 20 heavy (non-hydrogen) atoms. The third-order valence-corrected chi connectivity index (χ3v) is 5.04. The largest absolute Gasteiger partial charge is 0.504 e. The van der Waals surface area contributed by atoms with Crippen molar-refractivity contribution in [2.75, 3.05) is 0 Å². The van der Waals surface area contributed by atoms with Gasteiger partial charge in [0.05, 0.1) is 0 Å². The van der Waals surface area contributed by atoms with Crippen LogP contribution in [0.4, 0.5) is 9.59 Å². The van der Waals surface area contributed by atoms with Gasteiger partial charge in [-0.05, 0) is 30.6 Å². The molecule has 0 aliphatic rings. The van der Waals surface area contributed by atoms with E-state index in [1.54, 1.807) is 25.1 Å². The third-order valence-electron chi connectivity index (χ3n) is 2.68. The molecule has 0 radical (unpaired) electrons. The molecule has 0 bridgehead atoms. The number of nitrogens with zero attached hydrogens (tertiary/aromatic N) is 2. The molecule has 0 atom stereocenters. The number of amides is 2. The van der Waals surface area contributed by atoms with E-state index in [-0.39, 0.29) is 0 Å². The van der Waals surface area contributed by atoms with Crippen LogP contribution in [-0.2, 0) is 4.43 Å². The van der Waals surface area contributed by atoms with Crippen LogP contribution in [0.1, 0.15) is 19.4 Å². The normalized spacial score (nSPS) is 10.8. The Morgan fingerprint density at radius 1 is 1.10 bits per heavy atom. The summed E-state index contributed by atoms with van der Waals surface area (Å²) in [6, 6.07) is 8.65. The Morgan fingerprint density at radius 3 is 2.30 bits per heavy atom. The first-order valence-corrected chi connectivity index (χ1v) is 8.57. The van der Waals surface area contributed by atoms with Crippen LogP contribution in [0, 0.1) is 6.92 Å². The molecule has 108 valence electrons. The topological polar surface area (TPSA) is 77.3 Å². The minimum atomic E-state index is -1.54. The summed E-state index contributed by atoms with van der Waals surface area (Å²) in [6.45, 7) is 5.71. The first-order valence-electron chi connectivity index (χ1n) is 6.46. The standard InChI is InChI=1S/C13H18N2O4Si/c1-4-20(5-2)19-13(17)15-14-12(16)18-11-9-7-6-8-10(11)3/h6-9,20H,4-5H2,1-3H3. The molecule has 1 rings (SSSR count). The van der Waals surface area contributed by atoms with Crippen molar-refractivity contribution >= 4 is 21.2 Å². The molecule has 1 aromatic carbocycles. The Bertz CT molecular complexity index is 501. The SMILES string of the molecule is CC[SiH](CC)OC(=O)N=NC(=O)Oc1ccccc1C. The lowest BCUT2D eigenvalue weighted by Gasteiger charge is -2.08. The van der Waals surface area contributed by atoms with Crippen molar-refractivity contribution in [2.24, 2.45) is 10.2 Å². The predicted octanol–water partition coefficient (Wildman–Crippen LogP) is 3.85. The van der Waals surface area contributed by atoms with Gasteiger partial charge < -0.3 is 9.16 Å². The van der Waals surface area contributed by atoms with E-state index >= 15 is 0 Å². The van der Waals surface area contributed by atoms with E-state index in [2.05, 4.69) is 10.2 Å². The van der Waals surface area contributed by atoms with E-state index in [4.69, 9.17) is 9.16 Å². The number of rotatable bonds is 4. The number of benzene rings is 1. The molecule has 0 spiro atoms. The van der Waals surface area contributed by atoms with Crippen LogP contribution in [0.2, 0.25) is 12.1 Å². The Balaban J connectivity index is 2.52. The smallest absolute Gasteiger partial charge is 0.458 e. The molecular weight excluding hydrogens is 276 g/mol. The van der Waals surface area contributed by atoms with Crippen LogP contribution in [0.5, 0.6) is 5.75 Å². The van der Waals surface area contributed by atoms with Crippen molar-refractivity contribution < 1.29 is 18.8 Å². The minimum absolute atomic E-state index is 0.388. The van der Waals surface area contributed by atoms with Gasteiger partial charge >= 0.3 is 12.2 Å². The zero-order chi connectivity index (χ0) is 15.0. The molecule has 2 amide bonds. The van der Waals surface area contributed by atoms with Crippen LogP contribution >= 0.6 is 0 Å². The van der Waals surface area contributed by atoms with Gasteiger partial charge in [0.15, 0.2) is 0 Å². The van der Waals surface area contributed by atoms with Gasteiger partial charge in [0.25, 0.3) is 0 Å². The van der Waals surface area contributed by atoms with Crippen LogP contribution in [-0.4, -0.2) is 21.2 Å². The number of azo groups is 1. The molecule has 0 fully saturated rings. The lowest BCUT2D eigenvalue weighted by Crippen LogP contribution is -2.18. The van der Waals surface area contributed by atoms with Gasteiger partial charge in [0, 0.05) is 0 Å². The van der Waals surface area contributed by atoms with Crippen LogP contribution < -0.4 is 4.74 Å². The number of ether oxygens (including phenoxy) is 1. The third kappa shape index (κ3) is 5.31. The summed E-state index contributed by atoms with van der Waals surface area (Å²) >= 11 is 0. The van der Waals surface area contributed by atoms with Gasteiger partial charge in [-0.3, -0.25) is 0 Å². The quantitative estimate of drug-likeness (QED) is 0.624. The van der Waals surface area contributed by atoms with Crippen molar-refractivity contribution in [3.8, 4) is 5.75 Å². The minimum Gasteiger partial charge on any atom is -0.504 e. The zero-order valence-corrected chi connectivity index (χ0v) is 13.0. The molecule has 0 aromatic heterocycles. The average molecular weight is 294 g/mol. The van der Waals surface area contributed by atoms with Crippen LogP contribution in [0.15, 0.2) is 34.5 Å². The van der Waals surface area contributed by atoms with Gasteiger partial charge in [-0.1, -0.05) is 42.3 Å². The van der Waals surface area contributed by atoms with E-state index in [0.717, 1.165) is 17.7 Å². The van der Waals surface area contributed by atoms with E-state index in [0.29, 0.717) is 5.75 Å². The summed E-state index contributed by atoms with van der Waals surface area (Å²) < 4.78 is 10.1. The fraction of sp³-hybridized carbons (Fsp3) is 0.385. The molecule has 6 nitrogen and oxygen atoms in total. The summed E-state index contributed by atoms with van der Waals surface area (Å²) in [5, 5.41) is 6.40. The molecule has 7 heteroatoms. The number of para-hydroxylation sites is 1. The second kappa shape index (κ2) is 8.21. The molecule has 0 saturated heterocycles. The summed E-state index contributed by atoms with van der Waals surface area (Å²) in [7, 11) is -1.54. The van der Waals surface area contributed by atoms with Gasteiger partial charge in [-0.2, -0.15) is 0 Å². The number of hydrogen-bond acceptors (Lipinski definition) is 4. The maximum atomic E-state index is 11.4. The van der Waals surface area contributed by atoms with E-state index in [1.807, 2.05) is 19.9 Å². The molecular formula is C13H18N2O4Si. The highest BCUT2D eigenvalue weighted by molar-refractivity contribution is 6.53. The average Bonchev–Trinajstić information content (AvgIpc) is 2.45. The highest BCUT2D eigenvalue weighted by atomic mass is 28.3. The summed E-state index contributed by atoms with van der Waals surface area (Å²) in [5.74, 6) is 0.388. The van der Waals surface area contributed by atoms with Gasteiger partial charge in [-0.25, -0.2) is 9.59 Å². The van der Waals surface area contributed by atoms with Gasteiger partial charge in [-0.15, -0.1) is 0 Å². The Labute approximate surface area is 119 Å². The van der Waals surface area contributed by atoms with E-state index in [1.165, 1.54) is 0 Å². The molecule has 0 unspecified atom stereocenters. The predicted molar refractivity (Wildman–Crippen MR) is 76.7 cm³/mol. The molecule has 0 heterocycles. The highest BCUT2D eigenvalue weighted by Gasteiger charge is 2.13. The van der Waals surface area contributed by atoms with Crippen molar-refractivity contribution in [3.05, 3.63) is 29.8 Å². The summed E-state index contributed by atoms with van der Waals surface area (Å²) in [5.41, 5.74) is 0.795. The van der Waals surface area contributed by atoms with Gasteiger partial charge in [0.2, 0.25) is 9.04 Å². The van der Waals surface area contributed by atoms with Crippen molar-refractivity contribution in [1.29, 1.82) is 0 Å². The molecule has 0 aliphatic carbocycles. The molecule has 0 N–H and O–H groups in total. The Hall–Kier alpha value is -2.02. The molecule has 0 aliphatic heterocycles. The lowest BCUT2D eigenvalue weighted by molar-refractivity contribution is 0.200. The first-order chi connectivity index (χ1) is 9.56. The number of hydrogen-bond donors (Lipinski definition) is 0. The molecule has 1 aromatic rings. The van der Waals surface area contributed by atoms with E-state index in [9.17, 15) is 9.59 Å². The van der Waals surface area contributed by atoms with Crippen LogP contribution in [0.25, 0.3) is 0 Å². The fourth-order valence-electron chi connectivity index (χ4n) is 1.49. The zero-order valence-electron chi connectivity index (χ0n) is 11.8. The first kappa shape index (κ1) is 16.0. The van der Waals surface area contributed by atoms with Crippen molar-refractivity contribution in [3.63, 3.8) is 0 Å². The number of carbonyl (C=O) groups excluding carboxylic acids is 2. The lowest BCUT2D eigenvalue weighted by atomic mass is 10.2. The van der Waals surface area contributed by atoms with E-state index < -0.39 is 21.2 Å². The van der Waals surface area contributed by atoms with Crippen LogP contribution in [0.3, 0.4) is 0 Å². The molecule has 0 saturated carbocycles. The second-order valence-corrected chi connectivity index (χ2v) is 7.27. The fourth-order valence-corrected chi connectivity index (χ4v) is 2.73. The number of carbonyl (C=O) groups is 2. The highest BCUT2D eigenvalue weighted by Crippen LogP contribution is 2.16. The summed E-state index contributed by atoms with van der Waals surface area (Å²) in [6.07, 6.45) is -1.77. The van der Waals surface area contributed by atoms with Crippen molar-refractivity contribution in [1.82, 2.24) is 0 Å².